The van der Waals surface area contributed by atoms with E-state index in [4.69, 9.17) is 15.2 Å². The van der Waals surface area contributed by atoms with Crippen LogP contribution in [0.25, 0.3) is 16.8 Å². The van der Waals surface area contributed by atoms with Gasteiger partial charge >= 0.3 is 5.97 Å². The van der Waals surface area contributed by atoms with Crippen LogP contribution in [-0.4, -0.2) is 32.8 Å². The summed E-state index contributed by atoms with van der Waals surface area (Å²) in [5.41, 5.74) is 3.56. The van der Waals surface area contributed by atoms with Crippen LogP contribution in [0.1, 0.15) is 28.6 Å². The van der Waals surface area contributed by atoms with Crippen molar-refractivity contribution in [3.05, 3.63) is 64.2 Å². The van der Waals surface area contributed by atoms with Crippen molar-refractivity contribution in [3.63, 3.8) is 0 Å². The van der Waals surface area contributed by atoms with E-state index in [2.05, 4.69) is 17.2 Å². The van der Waals surface area contributed by atoms with Crippen LogP contribution in [-0.2, 0) is 17.6 Å². The van der Waals surface area contributed by atoms with E-state index in [1.807, 2.05) is 37.3 Å². The Morgan fingerprint density at radius 1 is 1.17 bits per heavy atom. The first kappa shape index (κ1) is 20.7. The molecule has 1 aromatic carbocycles. The second kappa shape index (κ2) is 9.45. The van der Waals surface area contributed by atoms with Crippen molar-refractivity contribution < 1.29 is 15.0 Å². The lowest BCUT2D eigenvalue weighted by Gasteiger charge is -2.14. The van der Waals surface area contributed by atoms with E-state index >= 15 is 0 Å². The van der Waals surface area contributed by atoms with Gasteiger partial charge in [-0.1, -0.05) is 25.1 Å². The largest absolute Gasteiger partial charge is 0.481 e. The molecule has 0 bridgehead atoms. The fourth-order valence-electron chi connectivity index (χ4n) is 2.98. The quantitative estimate of drug-likeness (QED) is 0.509. The molecule has 0 aliphatic carbocycles. The van der Waals surface area contributed by atoms with Gasteiger partial charge in [0.1, 0.15) is 5.82 Å². The Hall–Kier alpha value is -3.03. The zero-order chi connectivity index (χ0) is 20.8. The third-order valence-corrected chi connectivity index (χ3v) is 5.42. The van der Waals surface area contributed by atoms with Gasteiger partial charge in [-0.2, -0.15) is 0 Å². The Morgan fingerprint density at radius 3 is 2.59 bits per heavy atom. The minimum absolute atomic E-state index is 0.00267. The SMILES string of the molecule is CCc1c(C)nc(-c2ccc(C=CCO)s2)nc1Nc1ccc(CC(=O)O)cc1. The van der Waals surface area contributed by atoms with E-state index in [1.54, 1.807) is 29.5 Å². The number of hydrogen-bond acceptors (Lipinski definition) is 6. The summed E-state index contributed by atoms with van der Waals surface area (Å²) < 4.78 is 0. The predicted octanol–water partition coefficient (Wildman–Crippen LogP) is 4.45. The zero-order valence-corrected chi connectivity index (χ0v) is 17.2. The Balaban J connectivity index is 1.90. The van der Waals surface area contributed by atoms with Gasteiger partial charge in [-0.25, -0.2) is 9.97 Å². The summed E-state index contributed by atoms with van der Waals surface area (Å²) in [6.45, 7) is 4.05. The number of anilines is 2. The third kappa shape index (κ3) is 5.28. The molecule has 0 aliphatic heterocycles. The molecule has 0 radical (unpaired) electrons. The van der Waals surface area contributed by atoms with Gasteiger partial charge in [0.2, 0.25) is 0 Å². The Labute approximate surface area is 173 Å². The van der Waals surface area contributed by atoms with E-state index in [1.165, 1.54) is 0 Å². The molecule has 0 saturated heterocycles. The molecule has 2 heterocycles. The third-order valence-electron chi connectivity index (χ3n) is 4.37. The van der Waals surface area contributed by atoms with Crippen LogP contribution in [0.4, 0.5) is 11.5 Å². The molecular weight excluding hydrogens is 386 g/mol. The number of hydrogen-bond donors (Lipinski definition) is 3. The number of rotatable bonds is 8. The maximum absolute atomic E-state index is 10.8. The van der Waals surface area contributed by atoms with Gasteiger partial charge in [-0.3, -0.25) is 4.79 Å². The van der Waals surface area contributed by atoms with E-state index in [-0.39, 0.29) is 13.0 Å². The van der Waals surface area contributed by atoms with Gasteiger partial charge in [0.25, 0.3) is 0 Å². The summed E-state index contributed by atoms with van der Waals surface area (Å²) in [5, 5.41) is 21.2. The van der Waals surface area contributed by atoms with Crippen molar-refractivity contribution in [3.8, 4) is 10.7 Å². The lowest BCUT2D eigenvalue weighted by atomic mass is 10.1. The van der Waals surface area contributed by atoms with Crippen molar-refractivity contribution in [1.82, 2.24) is 9.97 Å². The average Bonchev–Trinajstić information content (AvgIpc) is 3.16. The lowest BCUT2D eigenvalue weighted by molar-refractivity contribution is -0.136. The number of carboxylic acids is 1. The van der Waals surface area contributed by atoms with Gasteiger partial charge in [0.15, 0.2) is 5.82 Å². The molecule has 2 aromatic heterocycles. The second-order valence-electron chi connectivity index (χ2n) is 6.49. The Bertz CT molecular complexity index is 1030. The molecule has 3 rings (SSSR count). The van der Waals surface area contributed by atoms with Crippen LogP contribution in [0.5, 0.6) is 0 Å². The summed E-state index contributed by atoms with van der Waals surface area (Å²) in [6, 6.07) is 11.3. The number of aliphatic hydroxyl groups is 1. The average molecular weight is 410 g/mol. The van der Waals surface area contributed by atoms with E-state index in [0.29, 0.717) is 5.82 Å². The minimum atomic E-state index is -0.848. The highest BCUT2D eigenvalue weighted by Crippen LogP contribution is 2.30. The maximum Gasteiger partial charge on any atom is 0.307 e. The monoisotopic (exact) mass is 409 g/mol. The predicted molar refractivity (Wildman–Crippen MR) is 117 cm³/mol. The number of aromatic nitrogens is 2. The highest BCUT2D eigenvalue weighted by Gasteiger charge is 2.13. The normalized spacial score (nSPS) is 11.1. The van der Waals surface area contributed by atoms with Gasteiger partial charge < -0.3 is 15.5 Å². The summed E-state index contributed by atoms with van der Waals surface area (Å²) >= 11 is 1.56. The van der Waals surface area contributed by atoms with Gasteiger partial charge in [0.05, 0.1) is 17.9 Å². The summed E-state index contributed by atoms with van der Waals surface area (Å²) in [4.78, 5) is 22.3. The molecule has 0 aliphatic rings. The first-order chi connectivity index (χ1) is 14.0. The minimum Gasteiger partial charge on any atom is -0.481 e. The van der Waals surface area contributed by atoms with Crippen molar-refractivity contribution in [2.45, 2.75) is 26.7 Å². The van der Waals surface area contributed by atoms with Crippen LogP contribution in [0, 0.1) is 6.92 Å². The molecule has 3 N–H and O–H groups in total. The van der Waals surface area contributed by atoms with Crippen LogP contribution < -0.4 is 5.32 Å². The maximum atomic E-state index is 10.8. The summed E-state index contributed by atoms with van der Waals surface area (Å²) in [6.07, 6.45) is 4.37. The van der Waals surface area contributed by atoms with Crippen molar-refractivity contribution >= 4 is 34.9 Å². The van der Waals surface area contributed by atoms with Crippen molar-refractivity contribution in [2.75, 3.05) is 11.9 Å². The molecule has 29 heavy (non-hydrogen) atoms. The van der Waals surface area contributed by atoms with Gasteiger partial charge in [0, 0.05) is 21.8 Å². The number of benzene rings is 1. The molecule has 0 saturated carbocycles. The van der Waals surface area contributed by atoms with Crippen LogP contribution >= 0.6 is 11.3 Å². The second-order valence-corrected chi connectivity index (χ2v) is 7.61. The number of carbonyl (C=O) groups is 1. The smallest absolute Gasteiger partial charge is 0.307 e. The van der Waals surface area contributed by atoms with E-state index in [0.717, 1.165) is 44.5 Å². The molecule has 3 aromatic rings. The fraction of sp³-hybridized carbons (Fsp3) is 0.227. The number of aryl methyl sites for hydroxylation is 1. The number of nitrogens with zero attached hydrogens (tertiary/aromatic N) is 2. The van der Waals surface area contributed by atoms with Crippen molar-refractivity contribution in [2.24, 2.45) is 0 Å². The Morgan fingerprint density at radius 2 is 1.93 bits per heavy atom. The molecule has 0 fully saturated rings. The molecule has 6 nitrogen and oxygen atoms in total. The van der Waals surface area contributed by atoms with Crippen LogP contribution in [0.3, 0.4) is 0 Å². The molecular formula is C22H23N3O3S. The summed E-state index contributed by atoms with van der Waals surface area (Å²) in [5.74, 6) is 0.555. The van der Waals surface area contributed by atoms with Crippen molar-refractivity contribution in [1.29, 1.82) is 0 Å². The zero-order valence-electron chi connectivity index (χ0n) is 16.3. The van der Waals surface area contributed by atoms with Crippen LogP contribution in [0.2, 0.25) is 0 Å². The molecule has 0 atom stereocenters. The Kier molecular flexibility index (Phi) is 6.74. The first-order valence-corrected chi connectivity index (χ1v) is 10.1. The molecule has 150 valence electrons. The number of thiophene rings is 1. The van der Waals surface area contributed by atoms with Gasteiger partial charge in [-0.05, 0) is 49.2 Å². The highest BCUT2D eigenvalue weighted by atomic mass is 32.1. The van der Waals surface area contributed by atoms with Crippen LogP contribution in [0.15, 0.2) is 42.5 Å². The number of nitrogens with one attached hydrogen (secondary N) is 1. The van der Waals surface area contributed by atoms with E-state index in [9.17, 15) is 4.79 Å². The number of aliphatic hydroxyl groups excluding tert-OH is 1. The topological polar surface area (TPSA) is 95.3 Å². The molecule has 0 spiro atoms. The highest BCUT2D eigenvalue weighted by molar-refractivity contribution is 7.16. The van der Waals surface area contributed by atoms with Gasteiger partial charge in [-0.15, -0.1) is 11.3 Å². The molecule has 7 heteroatoms. The standard InChI is InChI=1S/C22H23N3O3S/c1-3-18-14(2)23-22(19-11-10-17(29-19)5-4-12-26)25-21(18)24-16-8-6-15(7-9-16)13-20(27)28/h4-11,26H,3,12-13H2,1-2H3,(H,27,28)(H,23,24,25). The molecule has 0 amide bonds. The lowest BCUT2D eigenvalue weighted by Crippen LogP contribution is -2.05. The number of carboxylic acid groups (broad SMARTS) is 1. The summed E-state index contributed by atoms with van der Waals surface area (Å²) in [7, 11) is 0. The molecule has 0 unspecified atom stereocenters. The number of aliphatic carboxylic acids is 1. The first-order valence-electron chi connectivity index (χ1n) is 9.33. The fourth-order valence-corrected chi connectivity index (χ4v) is 3.85. The van der Waals surface area contributed by atoms with E-state index < -0.39 is 5.97 Å².